The highest BCUT2D eigenvalue weighted by atomic mass is 14.9. The van der Waals surface area contributed by atoms with Crippen LogP contribution in [0, 0.1) is 0 Å². The molecule has 0 atom stereocenters. The van der Waals surface area contributed by atoms with Gasteiger partial charge < -0.3 is 8.80 Å². The Bertz CT molecular complexity index is 4290. The van der Waals surface area contributed by atoms with Gasteiger partial charge in [-0.1, -0.05) is 206 Å². The highest BCUT2D eigenvalue weighted by molar-refractivity contribution is 6.29. The summed E-state index contributed by atoms with van der Waals surface area (Å²) in [5, 5.41) is 10.3. The Morgan fingerprint density at radius 2 is 0.514 bits per heavy atom. The molecule has 0 bridgehead atoms. The second-order valence-corrected chi connectivity index (χ2v) is 19.8. The Kier molecular flexibility index (Phi) is 6.86. The first-order chi connectivity index (χ1) is 34.7. The number of rotatable bonds is 4. The maximum Gasteiger partial charge on any atom is 0.0714 e. The quantitative estimate of drug-likeness (QED) is 0.167. The Morgan fingerprint density at radius 3 is 0.871 bits per heavy atom. The zero-order chi connectivity index (χ0) is 45.5. The summed E-state index contributed by atoms with van der Waals surface area (Å²) in [4.78, 5) is 0. The van der Waals surface area contributed by atoms with E-state index in [2.05, 4.69) is 251 Å². The van der Waals surface area contributed by atoms with Crippen molar-refractivity contribution in [1.82, 2.24) is 8.80 Å². The fourth-order valence-electron chi connectivity index (χ4n) is 14.3. The van der Waals surface area contributed by atoms with Crippen molar-refractivity contribution >= 4 is 76.2 Å². The summed E-state index contributed by atoms with van der Waals surface area (Å²) in [6.45, 7) is 0. The Labute approximate surface area is 403 Å². The zero-order valence-corrected chi connectivity index (χ0v) is 38.0. The van der Waals surface area contributed by atoms with E-state index in [9.17, 15) is 0 Å². The summed E-state index contributed by atoms with van der Waals surface area (Å²) in [7, 11) is 0. The molecule has 322 valence electrons. The Morgan fingerprint density at radius 1 is 0.214 bits per heavy atom. The smallest absolute Gasteiger partial charge is 0.0714 e. The third-order valence-electron chi connectivity index (χ3n) is 16.9. The monoisotopic (exact) mass is 884 g/mol. The topological polar surface area (TPSA) is 8.82 Å². The highest BCUT2D eigenvalue weighted by Crippen LogP contribution is 2.60. The Balaban J connectivity index is 0.984. The lowest BCUT2D eigenvalue weighted by atomic mass is 9.67. The summed E-state index contributed by atoms with van der Waals surface area (Å²) in [6, 6.07) is 92.0. The van der Waals surface area contributed by atoms with E-state index in [0.717, 1.165) is 0 Å². The number of hydrogen-bond acceptors (Lipinski definition) is 0. The number of hydrogen-bond donors (Lipinski definition) is 0. The Hall–Kier alpha value is -8.98. The molecule has 70 heavy (non-hydrogen) atoms. The number of nitrogens with zero attached hydrogens (tertiary/aromatic N) is 2. The van der Waals surface area contributed by atoms with E-state index in [4.69, 9.17) is 0 Å². The molecule has 4 heterocycles. The van der Waals surface area contributed by atoms with Crippen molar-refractivity contribution in [3.63, 3.8) is 0 Å². The maximum absolute atomic E-state index is 2.60. The zero-order valence-electron chi connectivity index (χ0n) is 38.0. The molecule has 2 aliphatic carbocycles. The molecular formula is C68H40N2. The van der Waals surface area contributed by atoms with Crippen LogP contribution in [-0.4, -0.2) is 8.80 Å². The lowest BCUT2D eigenvalue weighted by Gasteiger charge is -2.33. The van der Waals surface area contributed by atoms with Gasteiger partial charge in [-0.15, -0.1) is 0 Å². The van der Waals surface area contributed by atoms with E-state index in [0.29, 0.717) is 0 Å². The van der Waals surface area contributed by atoms with Crippen LogP contribution in [0.15, 0.2) is 243 Å². The van der Waals surface area contributed by atoms with E-state index in [-0.39, 0.29) is 0 Å². The average molecular weight is 885 g/mol. The van der Waals surface area contributed by atoms with Crippen molar-refractivity contribution in [3.8, 4) is 22.3 Å². The lowest BCUT2D eigenvalue weighted by molar-refractivity contribution is 0.769. The molecule has 2 heteroatoms. The molecule has 11 aromatic carbocycles. The van der Waals surface area contributed by atoms with Gasteiger partial charge in [0.05, 0.1) is 43.9 Å². The third-order valence-corrected chi connectivity index (χ3v) is 16.9. The van der Waals surface area contributed by atoms with Gasteiger partial charge in [0.15, 0.2) is 0 Å². The molecular weight excluding hydrogens is 845 g/mol. The molecule has 0 aliphatic heterocycles. The predicted molar refractivity (Wildman–Crippen MR) is 290 cm³/mol. The summed E-state index contributed by atoms with van der Waals surface area (Å²) in [5.74, 6) is 0. The van der Waals surface area contributed by atoms with E-state index in [1.165, 1.54) is 143 Å². The largest absolute Gasteiger partial charge is 0.308 e. The number of aromatic nitrogens is 2. The van der Waals surface area contributed by atoms with Crippen molar-refractivity contribution in [2.45, 2.75) is 10.8 Å². The van der Waals surface area contributed by atoms with Crippen LogP contribution in [0.2, 0.25) is 0 Å². The van der Waals surface area contributed by atoms with Crippen molar-refractivity contribution in [2.24, 2.45) is 0 Å². The molecule has 0 saturated carbocycles. The first-order valence-corrected chi connectivity index (χ1v) is 24.6. The summed E-state index contributed by atoms with van der Waals surface area (Å²) >= 11 is 0. The van der Waals surface area contributed by atoms with Crippen molar-refractivity contribution in [1.29, 1.82) is 0 Å². The normalized spacial score (nSPS) is 14.5. The van der Waals surface area contributed by atoms with Gasteiger partial charge in [0, 0.05) is 43.1 Å². The molecule has 0 N–H and O–H groups in total. The maximum atomic E-state index is 2.60. The molecule has 0 radical (unpaired) electrons. The van der Waals surface area contributed by atoms with Crippen LogP contribution in [0.5, 0.6) is 0 Å². The van der Waals surface area contributed by atoms with Gasteiger partial charge in [-0.2, -0.15) is 0 Å². The molecule has 17 rings (SSSR count). The van der Waals surface area contributed by atoms with Gasteiger partial charge in [-0.05, 0) is 103 Å². The highest BCUT2D eigenvalue weighted by Gasteiger charge is 2.48. The van der Waals surface area contributed by atoms with E-state index < -0.39 is 10.8 Å². The van der Waals surface area contributed by atoms with E-state index in [1.54, 1.807) is 0 Å². The van der Waals surface area contributed by atoms with Crippen LogP contribution in [-0.2, 0) is 10.8 Å². The van der Waals surface area contributed by atoms with Crippen LogP contribution in [0.25, 0.3) is 98.4 Å². The molecule has 0 unspecified atom stereocenters. The average Bonchev–Trinajstić information content (AvgIpc) is 4.25. The first-order valence-electron chi connectivity index (χ1n) is 24.6. The minimum absolute atomic E-state index is 0.484. The molecule has 0 fully saturated rings. The second-order valence-electron chi connectivity index (χ2n) is 19.8. The minimum atomic E-state index is -0.484. The van der Waals surface area contributed by atoms with Gasteiger partial charge in [0.25, 0.3) is 0 Å². The van der Waals surface area contributed by atoms with Crippen molar-refractivity contribution in [3.05, 3.63) is 287 Å². The molecule has 2 aliphatic rings. The van der Waals surface area contributed by atoms with Crippen molar-refractivity contribution < 1.29 is 0 Å². The predicted octanol–water partition coefficient (Wildman–Crippen LogP) is 16.7. The van der Waals surface area contributed by atoms with Gasteiger partial charge in [-0.25, -0.2) is 0 Å². The van der Waals surface area contributed by atoms with Gasteiger partial charge in [-0.3, -0.25) is 0 Å². The first kappa shape index (κ1) is 37.1. The number of para-hydroxylation sites is 2. The van der Waals surface area contributed by atoms with Gasteiger partial charge in [0.2, 0.25) is 0 Å². The molecule has 0 spiro atoms. The third kappa shape index (κ3) is 4.22. The number of fused-ring (bicyclic) bond motifs is 18. The van der Waals surface area contributed by atoms with Gasteiger partial charge in [0.1, 0.15) is 0 Å². The lowest BCUT2D eigenvalue weighted by Crippen LogP contribution is -2.28. The standard InChI is InChI=1S/C68H40N2/c1-5-19-41(20-6-1)67(42-21-7-2-8-22-42)57-33-15-13-27-45(57)51-35-53-47-29-17-31-49-55-38-62-56(37-61(55)69(65(47)49)63(53)39-59(51)67)50-32-18-30-48-54-36-52-46-28-14-16-34-58(46)68(43-23-9-3-10-24-43,44-25-11-4-12-26-44)60(52)40-64(54)70(62)66(48)50/h1-40H. The van der Waals surface area contributed by atoms with E-state index >= 15 is 0 Å². The fraction of sp³-hybridized carbons (Fsp3) is 0.0294. The van der Waals surface area contributed by atoms with Crippen molar-refractivity contribution in [2.75, 3.05) is 0 Å². The molecule has 0 amide bonds. The van der Waals surface area contributed by atoms with E-state index in [1.807, 2.05) is 0 Å². The minimum Gasteiger partial charge on any atom is -0.308 e. The molecule has 2 nitrogen and oxygen atoms in total. The molecule has 0 saturated heterocycles. The number of benzene rings is 11. The second kappa shape index (κ2) is 13.0. The van der Waals surface area contributed by atoms with Crippen LogP contribution < -0.4 is 0 Å². The SMILES string of the molecule is c1ccc(C2(c3ccccc3)c3ccccc3-c3cc4c5cccc6c7cc8c(cc7n(c4cc32)c56)c2cccc3c4cc5c(cc4n8c32)C(c2ccccc2)(c2ccccc2)c2ccccc2-5)cc1. The van der Waals surface area contributed by atoms with Crippen LogP contribution in [0.1, 0.15) is 44.5 Å². The summed E-state index contributed by atoms with van der Waals surface area (Å²) < 4.78 is 5.20. The van der Waals surface area contributed by atoms with Crippen LogP contribution in [0.3, 0.4) is 0 Å². The molecule has 4 aromatic heterocycles. The summed E-state index contributed by atoms with van der Waals surface area (Å²) in [5.41, 5.74) is 22.3. The van der Waals surface area contributed by atoms with Crippen LogP contribution in [0.4, 0.5) is 0 Å². The summed E-state index contributed by atoms with van der Waals surface area (Å²) in [6.07, 6.45) is 0. The molecule has 15 aromatic rings. The van der Waals surface area contributed by atoms with Crippen LogP contribution >= 0.6 is 0 Å². The van der Waals surface area contributed by atoms with Gasteiger partial charge >= 0.3 is 0 Å². The fourth-order valence-corrected chi connectivity index (χ4v) is 14.3.